The molecule has 0 aliphatic carbocycles. The van der Waals surface area contributed by atoms with Crippen molar-refractivity contribution >= 4 is 23.1 Å². The van der Waals surface area contributed by atoms with Crippen molar-refractivity contribution in [2.24, 2.45) is 0 Å². The van der Waals surface area contributed by atoms with Crippen LogP contribution in [0.25, 0.3) is 5.76 Å². The minimum absolute atomic E-state index is 0.0818. The fourth-order valence-corrected chi connectivity index (χ4v) is 3.90. The van der Waals surface area contributed by atoms with Crippen LogP contribution in [0.2, 0.25) is 0 Å². The van der Waals surface area contributed by atoms with Gasteiger partial charge in [0.25, 0.3) is 11.7 Å². The van der Waals surface area contributed by atoms with E-state index in [1.807, 2.05) is 6.92 Å². The number of ether oxygens (including phenoxy) is 2. The number of carbonyl (C=O) groups is 2. The van der Waals surface area contributed by atoms with Crippen molar-refractivity contribution in [2.45, 2.75) is 19.4 Å². The van der Waals surface area contributed by atoms with E-state index in [1.54, 1.807) is 48.5 Å². The molecule has 0 saturated carbocycles. The van der Waals surface area contributed by atoms with E-state index in [2.05, 4.69) is 0 Å². The molecule has 1 atom stereocenters. The van der Waals surface area contributed by atoms with Crippen LogP contribution in [0.4, 0.5) is 10.1 Å². The smallest absolute Gasteiger partial charge is 0.300 e. The Morgan fingerprint density at radius 1 is 1.00 bits per heavy atom. The Morgan fingerprint density at radius 2 is 1.71 bits per heavy atom. The lowest BCUT2D eigenvalue weighted by atomic mass is 9.95. The number of anilines is 1. The van der Waals surface area contributed by atoms with E-state index in [0.29, 0.717) is 29.4 Å². The molecule has 6 nitrogen and oxygen atoms in total. The summed E-state index contributed by atoms with van der Waals surface area (Å²) in [7, 11) is 1.51. The van der Waals surface area contributed by atoms with Gasteiger partial charge in [0, 0.05) is 17.3 Å². The highest BCUT2D eigenvalue weighted by Gasteiger charge is 2.47. The summed E-state index contributed by atoms with van der Waals surface area (Å²) in [6.45, 7) is 2.57. The van der Waals surface area contributed by atoms with E-state index < -0.39 is 23.5 Å². The summed E-state index contributed by atoms with van der Waals surface area (Å²) in [5.74, 6) is -1.30. The van der Waals surface area contributed by atoms with Crippen molar-refractivity contribution in [3.05, 3.63) is 95.3 Å². The normalized spacial score (nSPS) is 17.1. The summed E-state index contributed by atoms with van der Waals surface area (Å²) in [5.41, 5.74) is 1.20. The first kappa shape index (κ1) is 23.0. The molecule has 0 spiro atoms. The number of carbonyl (C=O) groups excluding carboxylic acids is 2. The second-order valence-electron chi connectivity index (χ2n) is 7.79. The number of Topliss-reactive ketones (excluding diaryl/α,β-unsaturated/α-hetero) is 1. The van der Waals surface area contributed by atoms with Gasteiger partial charge in [0.1, 0.15) is 23.1 Å². The molecule has 1 unspecified atom stereocenters. The number of rotatable bonds is 7. The Kier molecular flexibility index (Phi) is 6.63. The summed E-state index contributed by atoms with van der Waals surface area (Å²) >= 11 is 0. The van der Waals surface area contributed by atoms with Crippen LogP contribution in [-0.2, 0) is 9.59 Å². The zero-order valence-corrected chi connectivity index (χ0v) is 18.8. The lowest BCUT2D eigenvalue weighted by Crippen LogP contribution is -2.29. The molecule has 0 aromatic heterocycles. The molecule has 1 N–H and O–H groups in total. The number of aliphatic hydroxyl groups is 1. The van der Waals surface area contributed by atoms with Gasteiger partial charge in [0.05, 0.1) is 25.3 Å². The fourth-order valence-electron chi connectivity index (χ4n) is 3.90. The summed E-state index contributed by atoms with van der Waals surface area (Å²) in [6.07, 6.45) is 0.857. The lowest BCUT2D eigenvalue weighted by molar-refractivity contribution is -0.132. The molecule has 34 heavy (non-hydrogen) atoms. The minimum Gasteiger partial charge on any atom is -0.507 e. The molecule has 1 fully saturated rings. The first-order valence-electron chi connectivity index (χ1n) is 10.9. The van der Waals surface area contributed by atoms with Gasteiger partial charge in [0.15, 0.2) is 0 Å². The van der Waals surface area contributed by atoms with E-state index in [-0.39, 0.29) is 16.9 Å². The average Bonchev–Trinajstić information content (AvgIpc) is 3.13. The van der Waals surface area contributed by atoms with Crippen LogP contribution in [0, 0.1) is 5.82 Å². The Balaban J connectivity index is 1.87. The van der Waals surface area contributed by atoms with E-state index >= 15 is 0 Å². The maximum atomic E-state index is 13.4. The molecule has 1 amide bonds. The van der Waals surface area contributed by atoms with Crippen molar-refractivity contribution in [3.8, 4) is 11.5 Å². The number of ketones is 1. The molecule has 1 aliphatic heterocycles. The van der Waals surface area contributed by atoms with E-state index in [1.165, 1.54) is 36.3 Å². The minimum atomic E-state index is -0.905. The fraction of sp³-hybridized carbons (Fsp3) is 0.185. The molecule has 1 heterocycles. The molecule has 1 saturated heterocycles. The van der Waals surface area contributed by atoms with Gasteiger partial charge >= 0.3 is 0 Å². The molecule has 1 aliphatic rings. The molecular weight excluding hydrogens is 437 g/mol. The van der Waals surface area contributed by atoms with Crippen LogP contribution >= 0.6 is 0 Å². The third-order valence-corrected chi connectivity index (χ3v) is 5.56. The summed E-state index contributed by atoms with van der Waals surface area (Å²) in [6, 6.07) is 18.0. The van der Waals surface area contributed by atoms with Crippen LogP contribution in [-0.4, -0.2) is 30.5 Å². The highest BCUT2D eigenvalue weighted by atomic mass is 19.1. The van der Waals surface area contributed by atoms with Gasteiger partial charge in [-0.2, -0.15) is 0 Å². The number of hydrogen-bond acceptors (Lipinski definition) is 5. The van der Waals surface area contributed by atoms with E-state index in [4.69, 9.17) is 9.47 Å². The molecule has 174 valence electrons. The van der Waals surface area contributed by atoms with Crippen molar-refractivity contribution in [3.63, 3.8) is 0 Å². The number of methoxy groups -OCH3 is 1. The van der Waals surface area contributed by atoms with E-state index in [0.717, 1.165) is 6.42 Å². The molecule has 7 heteroatoms. The van der Waals surface area contributed by atoms with Gasteiger partial charge in [0.2, 0.25) is 0 Å². The summed E-state index contributed by atoms with van der Waals surface area (Å²) in [5, 5.41) is 11.1. The van der Waals surface area contributed by atoms with Crippen LogP contribution < -0.4 is 14.4 Å². The van der Waals surface area contributed by atoms with E-state index in [9.17, 15) is 19.1 Å². The van der Waals surface area contributed by atoms with Crippen LogP contribution in [0.1, 0.15) is 30.5 Å². The zero-order chi connectivity index (χ0) is 24.2. The Labute approximate surface area is 196 Å². The average molecular weight is 461 g/mol. The Hall–Kier alpha value is -4.13. The van der Waals surface area contributed by atoms with Gasteiger partial charge < -0.3 is 14.6 Å². The van der Waals surface area contributed by atoms with Crippen LogP contribution in [0.3, 0.4) is 0 Å². The van der Waals surface area contributed by atoms with Gasteiger partial charge in [-0.3, -0.25) is 14.5 Å². The van der Waals surface area contributed by atoms with Crippen molar-refractivity contribution in [1.29, 1.82) is 0 Å². The van der Waals surface area contributed by atoms with Gasteiger partial charge in [-0.1, -0.05) is 25.1 Å². The second-order valence-corrected chi connectivity index (χ2v) is 7.79. The Bertz CT molecular complexity index is 1230. The summed E-state index contributed by atoms with van der Waals surface area (Å²) < 4.78 is 24.4. The largest absolute Gasteiger partial charge is 0.507 e. The second kappa shape index (κ2) is 9.79. The predicted octanol–water partition coefficient (Wildman–Crippen LogP) is 5.25. The Morgan fingerprint density at radius 3 is 2.35 bits per heavy atom. The van der Waals surface area contributed by atoms with Crippen molar-refractivity contribution < 1.29 is 28.6 Å². The molecule has 0 radical (unpaired) electrons. The zero-order valence-electron chi connectivity index (χ0n) is 18.8. The maximum absolute atomic E-state index is 13.4. The quantitative estimate of drug-likeness (QED) is 0.296. The molecule has 0 bridgehead atoms. The van der Waals surface area contributed by atoms with Crippen molar-refractivity contribution in [1.82, 2.24) is 0 Å². The number of benzene rings is 3. The highest BCUT2D eigenvalue weighted by molar-refractivity contribution is 6.51. The predicted molar refractivity (Wildman–Crippen MR) is 126 cm³/mol. The molecule has 4 rings (SSSR count). The number of hydrogen-bond donors (Lipinski definition) is 1. The van der Waals surface area contributed by atoms with Crippen LogP contribution in [0.5, 0.6) is 11.5 Å². The van der Waals surface area contributed by atoms with Gasteiger partial charge in [-0.25, -0.2) is 4.39 Å². The lowest BCUT2D eigenvalue weighted by Gasteiger charge is -2.26. The molecule has 3 aromatic rings. The third kappa shape index (κ3) is 4.37. The topological polar surface area (TPSA) is 76.1 Å². The third-order valence-electron chi connectivity index (χ3n) is 5.56. The van der Waals surface area contributed by atoms with Crippen molar-refractivity contribution in [2.75, 3.05) is 18.6 Å². The number of nitrogens with zero attached hydrogens (tertiary/aromatic N) is 1. The molecular formula is C27H24FNO5. The number of halogens is 1. The van der Waals surface area contributed by atoms with Gasteiger partial charge in [-0.15, -0.1) is 0 Å². The maximum Gasteiger partial charge on any atom is 0.300 e. The van der Waals surface area contributed by atoms with Crippen LogP contribution in [0.15, 0.2) is 78.4 Å². The molecule has 3 aromatic carbocycles. The number of amides is 1. The monoisotopic (exact) mass is 461 g/mol. The SMILES string of the molecule is CCCOc1ccc(C2/C(=C(\O)c3ccc(F)cc3)C(=O)C(=O)N2c2cccc(OC)c2)cc1. The first-order chi connectivity index (χ1) is 16.4. The first-order valence-corrected chi connectivity index (χ1v) is 10.9. The van der Waals surface area contributed by atoms with Gasteiger partial charge in [-0.05, 0) is 60.5 Å². The number of aliphatic hydroxyl groups excluding tert-OH is 1. The standard InChI is InChI=1S/C27H24FNO5/c1-3-15-34-21-13-9-17(10-14-21)24-23(25(30)18-7-11-19(28)12-8-18)26(31)27(32)29(24)20-5-4-6-22(16-20)33-2/h4-14,16,24,30H,3,15H2,1-2H3/b25-23+. The highest BCUT2D eigenvalue weighted by Crippen LogP contribution is 2.43. The summed E-state index contributed by atoms with van der Waals surface area (Å²) in [4.78, 5) is 27.7.